The molecule has 92 valence electrons. The van der Waals surface area contributed by atoms with Crippen LogP contribution < -0.4 is 5.73 Å². The topological polar surface area (TPSA) is 61.5 Å². The number of hydrogen-bond donors (Lipinski definition) is 1. The first-order valence-corrected chi connectivity index (χ1v) is 5.61. The average Bonchev–Trinajstić information content (AvgIpc) is 2.29. The molecule has 0 spiro atoms. The highest BCUT2D eigenvalue weighted by Gasteiger charge is 2.14. The fraction of sp³-hybridized carbons (Fsp3) is 0.333. The van der Waals surface area contributed by atoms with E-state index in [1.54, 1.807) is 0 Å². The van der Waals surface area contributed by atoms with Gasteiger partial charge in [0, 0.05) is 6.92 Å². The normalized spacial score (nSPS) is 11.6. The SMILES string of the molecule is CC(=O)OC[C@H](COC(N)=S)c1ccccc1. The summed E-state index contributed by atoms with van der Waals surface area (Å²) in [6, 6.07) is 9.63. The van der Waals surface area contributed by atoms with Gasteiger partial charge in [-0.05, 0) is 17.8 Å². The van der Waals surface area contributed by atoms with Crippen LogP contribution in [-0.2, 0) is 14.3 Å². The van der Waals surface area contributed by atoms with Gasteiger partial charge in [-0.1, -0.05) is 30.3 Å². The van der Waals surface area contributed by atoms with Crippen LogP contribution in [0.1, 0.15) is 18.4 Å². The number of rotatable bonds is 5. The van der Waals surface area contributed by atoms with E-state index >= 15 is 0 Å². The maximum absolute atomic E-state index is 10.8. The molecule has 0 bridgehead atoms. The zero-order chi connectivity index (χ0) is 12.7. The number of carbonyl (C=O) groups is 1. The molecule has 0 saturated carbocycles. The molecular formula is C12H15NO3S. The van der Waals surface area contributed by atoms with E-state index in [2.05, 4.69) is 12.2 Å². The summed E-state index contributed by atoms with van der Waals surface area (Å²) in [6.45, 7) is 1.92. The van der Waals surface area contributed by atoms with E-state index in [1.165, 1.54) is 6.92 Å². The molecule has 0 aliphatic heterocycles. The fourth-order valence-corrected chi connectivity index (χ4v) is 1.43. The zero-order valence-electron chi connectivity index (χ0n) is 9.59. The van der Waals surface area contributed by atoms with Gasteiger partial charge in [-0.25, -0.2) is 0 Å². The van der Waals surface area contributed by atoms with Crippen LogP contribution in [0.5, 0.6) is 0 Å². The van der Waals surface area contributed by atoms with Crippen molar-refractivity contribution in [3.05, 3.63) is 35.9 Å². The van der Waals surface area contributed by atoms with Gasteiger partial charge in [-0.2, -0.15) is 0 Å². The van der Waals surface area contributed by atoms with Crippen molar-refractivity contribution in [3.63, 3.8) is 0 Å². The number of ether oxygens (including phenoxy) is 2. The smallest absolute Gasteiger partial charge is 0.302 e. The first-order valence-electron chi connectivity index (χ1n) is 5.20. The summed E-state index contributed by atoms with van der Waals surface area (Å²) < 4.78 is 10.1. The third-order valence-corrected chi connectivity index (χ3v) is 2.30. The van der Waals surface area contributed by atoms with Gasteiger partial charge >= 0.3 is 5.97 Å². The Labute approximate surface area is 106 Å². The minimum Gasteiger partial charge on any atom is -0.470 e. The maximum Gasteiger partial charge on any atom is 0.302 e. The van der Waals surface area contributed by atoms with Crippen molar-refractivity contribution in [3.8, 4) is 0 Å². The third kappa shape index (κ3) is 5.31. The van der Waals surface area contributed by atoms with Gasteiger partial charge in [0.25, 0.3) is 5.17 Å². The van der Waals surface area contributed by atoms with Crippen LogP contribution >= 0.6 is 12.2 Å². The lowest BCUT2D eigenvalue weighted by atomic mass is 10.0. The Morgan fingerprint density at radius 3 is 2.41 bits per heavy atom. The van der Waals surface area contributed by atoms with E-state index in [1.807, 2.05) is 30.3 Å². The summed E-state index contributed by atoms with van der Waals surface area (Å²) in [7, 11) is 0. The van der Waals surface area contributed by atoms with E-state index in [0.29, 0.717) is 6.61 Å². The summed E-state index contributed by atoms with van der Waals surface area (Å²) >= 11 is 4.65. The summed E-state index contributed by atoms with van der Waals surface area (Å²) in [5, 5.41) is -0.00578. The van der Waals surface area contributed by atoms with E-state index in [9.17, 15) is 4.79 Å². The Morgan fingerprint density at radius 2 is 1.88 bits per heavy atom. The number of nitrogens with two attached hydrogens (primary N) is 1. The zero-order valence-corrected chi connectivity index (χ0v) is 10.4. The molecule has 17 heavy (non-hydrogen) atoms. The van der Waals surface area contributed by atoms with E-state index < -0.39 is 0 Å². The molecule has 1 aromatic carbocycles. The molecule has 4 nitrogen and oxygen atoms in total. The highest BCUT2D eigenvalue weighted by Crippen LogP contribution is 2.16. The monoisotopic (exact) mass is 253 g/mol. The minimum absolute atomic E-state index is 0.00578. The Bertz CT molecular complexity index is 363. The van der Waals surface area contributed by atoms with Gasteiger partial charge < -0.3 is 15.2 Å². The van der Waals surface area contributed by atoms with Crippen molar-refractivity contribution in [1.82, 2.24) is 0 Å². The molecule has 0 aromatic heterocycles. The lowest BCUT2D eigenvalue weighted by Crippen LogP contribution is -2.21. The molecule has 0 radical (unpaired) electrons. The average molecular weight is 253 g/mol. The summed E-state index contributed by atoms with van der Waals surface area (Å²) in [6.07, 6.45) is 0. The van der Waals surface area contributed by atoms with Crippen molar-refractivity contribution in [2.24, 2.45) is 5.73 Å². The van der Waals surface area contributed by atoms with Gasteiger partial charge in [0.2, 0.25) is 0 Å². The molecule has 0 amide bonds. The standard InChI is InChI=1S/C12H15NO3S/c1-9(14)15-7-11(8-16-12(13)17)10-5-3-2-4-6-10/h2-6,11H,7-8H2,1H3,(H2,13,17)/t11-/m1/s1. The molecule has 0 aliphatic rings. The van der Waals surface area contributed by atoms with Crippen LogP contribution in [0.15, 0.2) is 30.3 Å². The second-order valence-electron chi connectivity index (χ2n) is 3.54. The maximum atomic E-state index is 10.8. The Kier molecular flexibility index (Phi) is 5.42. The largest absolute Gasteiger partial charge is 0.470 e. The van der Waals surface area contributed by atoms with Crippen LogP contribution in [0.2, 0.25) is 0 Å². The second kappa shape index (κ2) is 6.85. The molecule has 1 aromatic rings. The number of carbonyl (C=O) groups excluding carboxylic acids is 1. The van der Waals surface area contributed by atoms with E-state index in [-0.39, 0.29) is 23.7 Å². The molecule has 0 heterocycles. The van der Waals surface area contributed by atoms with Gasteiger partial charge in [0.05, 0.1) is 5.92 Å². The van der Waals surface area contributed by atoms with Crippen LogP contribution in [0.25, 0.3) is 0 Å². The Hall–Kier alpha value is -1.62. The van der Waals surface area contributed by atoms with E-state index in [0.717, 1.165) is 5.56 Å². The summed E-state index contributed by atoms with van der Waals surface area (Å²) in [4.78, 5) is 10.8. The van der Waals surface area contributed by atoms with Gasteiger partial charge in [0.15, 0.2) is 0 Å². The van der Waals surface area contributed by atoms with Crippen molar-refractivity contribution < 1.29 is 14.3 Å². The number of benzene rings is 1. The third-order valence-electron chi connectivity index (χ3n) is 2.19. The molecule has 0 aliphatic carbocycles. The molecular weight excluding hydrogens is 238 g/mol. The number of esters is 1. The highest BCUT2D eigenvalue weighted by atomic mass is 32.1. The quantitative estimate of drug-likeness (QED) is 0.638. The summed E-state index contributed by atoms with van der Waals surface area (Å²) in [5.74, 6) is -0.386. The number of thiocarbonyl (C=S) groups is 1. The predicted molar refractivity (Wildman–Crippen MR) is 68.6 cm³/mol. The van der Waals surface area contributed by atoms with Gasteiger partial charge in [-0.15, -0.1) is 0 Å². The minimum atomic E-state index is -0.318. The Morgan fingerprint density at radius 1 is 1.29 bits per heavy atom. The molecule has 5 heteroatoms. The van der Waals surface area contributed by atoms with Crippen molar-refractivity contribution in [1.29, 1.82) is 0 Å². The van der Waals surface area contributed by atoms with Gasteiger partial charge in [0.1, 0.15) is 13.2 Å². The number of hydrogen-bond acceptors (Lipinski definition) is 4. The highest BCUT2D eigenvalue weighted by molar-refractivity contribution is 7.80. The van der Waals surface area contributed by atoms with Crippen LogP contribution in [0.4, 0.5) is 0 Å². The van der Waals surface area contributed by atoms with Crippen LogP contribution in [0.3, 0.4) is 0 Å². The first kappa shape index (κ1) is 13.4. The molecule has 1 atom stereocenters. The molecule has 0 fully saturated rings. The van der Waals surface area contributed by atoms with Crippen molar-refractivity contribution in [2.75, 3.05) is 13.2 Å². The Balaban J connectivity index is 2.64. The lowest BCUT2D eigenvalue weighted by Gasteiger charge is -2.17. The molecule has 0 unspecified atom stereocenters. The molecule has 0 saturated heterocycles. The summed E-state index contributed by atoms with van der Waals surface area (Å²) in [5.41, 5.74) is 6.29. The first-order chi connectivity index (χ1) is 8.09. The predicted octanol–water partition coefficient (Wildman–Crippen LogP) is 1.59. The van der Waals surface area contributed by atoms with Crippen molar-refractivity contribution in [2.45, 2.75) is 12.8 Å². The van der Waals surface area contributed by atoms with Crippen LogP contribution in [0, 0.1) is 0 Å². The molecule has 2 N–H and O–H groups in total. The van der Waals surface area contributed by atoms with Gasteiger partial charge in [-0.3, -0.25) is 4.79 Å². The second-order valence-corrected chi connectivity index (χ2v) is 3.94. The van der Waals surface area contributed by atoms with E-state index in [4.69, 9.17) is 15.2 Å². The fourth-order valence-electron chi connectivity index (χ4n) is 1.37. The van der Waals surface area contributed by atoms with Crippen molar-refractivity contribution >= 4 is 23.4 Å². The molecule has 1 rings (SSSR count). The lowest BCUT2D eigenvalue weighted by molar-refractivity contribution is -0.141. The van der Waals surface area contributed by atoms with Crippen LogP contribution in [-0.4, -0.2) is 24.4 Å².